The van der Waals surface area contributed by atoms with Crippen LogP contribution in [-0.4, -0.2) is 5.91 Å². The number of amides is 1. The summed E-state index contributed by atoms with van der Waals surface area (Å²) in [6.45, 7) is 0. The van der Waals surface area contributed by atoms with Crippen molar-refractivity contribution in [2.24, 2.45) is 0 Å². The number of hydrogen-bond acceptors (Lipinski definition) is 2. The molecule has 0 aliphatic rings. The third kappa shape index (κ3) is 3.42. The van der Waals surface area contributed by atoms with Crippen molar-refractivity contribution >= 4 is 56.4 Å². The lowest BCUT2D eigenvalue weighted by Gasteiger charge is -2.08. The van der Waals surface area contributed by atoms with Gasteiger partial charge in [0.2, 0.25) is 0 Å². The third-order valence-corrected chi connectivity index (χ3v) is 3.43. The molecule has 0 bridgehead atoms. The van der Waals surface area contributed by atoms with Gasteiger partial charge in [0, 0.05) is 21.4 Å². The number of nitrogens with one attached hydrogen (secondary N) is 1. The van der Waals surface area contributed by atoms with Gasteiger partial charge in [0.1, 0.15) is 0 Å². The summed E-state index contributed by atoms with van der Waals surface area (Å²) in [5.41, 5.74) is 6.75. The Morgan fingerprint density at radius 3 is 2.30 bits per heavy atom. The van der Waals surface area contributed by atoms with Crippen molar-refractivity contribution in [2.45, 2.75) is 0 Å². The van der Waals surface area contributed by atoms with Gasteiger partial charge >= 0.3 is 0 Å². The van der Waals surface area contributed by atoms with Gasteiger partial charge in [0.05, 0.1) is 10.0 Å². The fraction of sp³-hybridized carbons (Fsp3) is 0. The van der Waals surface area contributed by atoms with Crippen LogP contribution in [0.15, 0.2) is 34.8 Å². The van der Waals surface area contributed by atoms with Crippen LogP contribution in [0.3, 0.4) is 0 Å². The molecule has 2 rings (SSSR count). The Morgan fingerprint density at radius 2 is 1.75 bits per heavy atom. The maximum absolute atomic E-state index is 13.3. The molecule has 0 aromatic heterocycles. The molecule has 2 aromatic carbocycles. The van der Waals surface area contributed by atoms with Gasteiger partial charge in [-0.05, 0) is 30.3 Å². The predicted molar refractivity (Wildman–Crippen MR) is 82.9 cm³/mol. The van der Waals surface area contributed by atoms with Crippen LogP contribution < -0.4 is 11.1 Å². The molecule has 0 aliphatic carbocycles. The van der Waals surface area contributed by atoms with Crippen LogP contribution in [-0.2, 0) is 0 Å². The number of benzene rings is 2. The lowest BCUT2D eigenvalue weighted by Crippen LogP contribution is -2.12. The molecule has 3 N–H and O–H groups in total. The number of carbonyl (C=O) groups excluding carboxylic acids is 1. The SMILES string of the molecule is Nc1cc(Br)cc(C(=O)Nc2cc(Cl)c(F)c(Cl)c2)c1. The van der Waals surface area contributed by atoms with E-state index in [1.165, 1.54) is 18.2 Å². The first-order valence-electron chi connectivity index (χ1n) is 5.39. The zero-order valence-corrected chi connectivity index (χ0v) is 13.0. The van der Waals surface area contributed by atoms with Crippen molar-refractivity contribution in [1.29, 1.82) is 0 Å². The molecule has 0 saturated heterocycles. The largest absolute Gasteiger partial charge is 0.399 e. The van der Waals surface area contributed by atoms with E-state index in [0.717, 1.165) is 0 Å². The molecule has 0 heterocycles. The second-order valence-corrected chi connectivity index (χ2v) is 5.71. The maximum Gasteiger partial charge on any atom is 0.255 e. The molecule has 0 atom stereocenters. The second kappa shape index (κ2) is 5.99. The van der Waals surface area contributed by atoms with Crippen molar-refractivity contribution in [3.63, 3.8) is 0 Å². The molecule has 7 heteroatoms. The molecular weight excluding hydrogens is 370 g/mol. The van der Waals surface area contributed by atoms with Crippen LogP contribution in [0, 0.1) is 5.82 Å². The Balaban J connectivity index is 2.28. The van der Waals surface area contributed by atoms with Crippen LogP contribution in [0.2, 0.25) is 10.0 Å². The van der Waals surface area contributed by atoms with Gasteiger partial charge in [-0.1, -0.05) is 39.1 Å². The molecular formula is C13H8BrCl2FN2O. The fourth-order valence-corrected chi connectivity index (χ4v) is 2.57. The third-order valence-electron chi connectivity index (χ3n) is 2.42. The number of nitrogens with two attached hydrogens (primary N) is 1. The number of hydrogen-bond donors (Lipinski definition) is 2. The van der Waals surface area contributed by atoms with E-state index in [2.05, 4.69) is 21.2 Å². The first kappa shape index (κ1) is 15.1. The summed E-state index contributed by atoms with van der Waals surface area (Å²) < 4.78 is 14.0. The summed E-state index contributed by atoms with van der Waals surface area (Å²) in [6.07, 6.45) is 0. The lowest BCUT2D eigenvalue weighted by molar-refractivity contribution is 0.102. The van der Waals surface area contributed by atoms with Gasteiger partial charge in [-0.2, -0.15) is 0 Å². The number of halogens is 4. The molecule has 0 unspecified atom stereocenters. The van der Waals surface area contributed by atoms with Crippen LogP contribution in [0.4, 0.5) is 15.8 Å². The van der Waals surface area contributed by atoms with Crippen molar-refractivity contribution in [1.82, 2.24) is 0 Å². The van der Waals surface area contributed by atoms with Gasteiger partial charge in [0.25, 0.3) is 5.91 Å². The van der Waals surface area contributed by atoms with Gasteiger partial charge in [0.15, 0.2) is 5.82 Å². The Hall–Kier alpha value is -1.30. The van der Waals surface area contributed by atoms with Gasteiger partial charge in [-0.3, -0.25) is 4.79 Å². The van der Waals surface area contributed by atoms with E-state index >= 15 is 0 Å². The van der Waals surface area contributed by atoms with Gasteiger partial charge < -0.3 is 11.1 Å². The van der Waals surface area contributed by atoms with Crippen LogP contribution >= 0.6 is 39.1 Å². The molecule has 20 heavy (non-hydrogen) atoms. The van der Waals surface area contributed by atoms with Crippen molar-refractivity contribution in [3.8, 4) is 0 Å². The quantitative estimate of drug-likeness (QED) is 0.587. The number of carbonyl (C=O) groups is 1. The predicted octanol–water partition coefficient (Wildman–Crippen LogP) is 4.73. The lowest BCUT2D eigenvalue weighted by atomic mass is 10.2. The number of anilines is 2. The van der Waals surface area contributed by atoms with E-state index in [9.17, 15) is 9.18 Å². The van der Waals surface area contributed by atoms with Crippen molar-refractivity contribution in [2.75, 3.05) is 11.1 Å². The van der Waals surface area contributed by atoms with E-state index in [-0.39, 0.29) is 10.0 Å². The van der Waals surface area contributed by atoms with Crippen LogP contribution in [0.5, 0.6) is 0 Å². The Kier molecular flexibility index (Phi) is 4.52. The summed E-state index contributed by atoms with van der Waals surface area (Å²) in [6, 6.07) is 7.36. The van der Waals surface area contributed by atoms with E-state index in [0.29, 0.717) is 21.4 Å². The second-order valence-electron chi connectivity index (χ2n) is 3.98. The van der Waals surface area contributed by atoms with E-state index in [1.807, 2.05) is 0 Å². The highest BCUT2D eigenvalue weighted by Gasteiger charge is 2.12. The van der Waals surface area contributed by atoms with Crippen LogP contribution in [0.1, 0.15) is 10.4 Å². The Labute approximate surface area is 133 Å². The highest BCUT2D eigenvalue weighted by Crippen LogP contribution is 2.28. The summed E-state index contributed by atoms with van der Waals surface area (Å²) in [4.78, 5) is 12.1. The minimum absolute atomic E-state index is 0.165. The highest BCUT2D eigenvalue weighted by molar-refractivity contribution is 9.10. The van der Waals surface area contributed by atoms with Crippen molar-refractivity contribution < 1.29 is 9.18 Å². The molecule has 2 aromatic rings. The zero-order chi connectivity index (χ0) is 14.9. The summed E-state index contributed by atoms with van der Waals surface area (Å²) in [7, 11) is 0. The van der Waals surface area contributed by atoms with Gasteiger partial charge in [-0.25, -0.2) is 4.39 Å². The maximum atomic E-state index is 13.3. The average Bonchev–Trinajstić information content (AvgIpc) is 2.34. The first-order chi connectivity index (χ1) is 9.36. The molecule has 3 nitrogen and oxygen atoms in total. The number of rotatable bonds is 2. The summed E-state index contributed by atoms with van der Waals surface area (Å²) in [5.74, 6) is -1.13. The number of nitrogen functional groups attached to an aromatic ring is 1. The van der Waals surface area contributed by atoms with E-state index < -0.39 is 11.7 Å². The summed E-state index contributed by atoms with van der Waals surface area (Å²) in [5, 5.41) is 2.24. The molecule has 104 valence electrons. The molecule has 0 radical (unpaired) electrons. The molecule has 0 spiro atoms. The molecule has 0 saturated carbocycles. The molecule has 0 fully saturated rings. The monoisotopic (exact) mass is 376 g/mol. The summed E-state index contributed by atoms with van der Waals surface area (Å²) >= 11 is 14.6. The minimum atomic E-state index is -0.724. The normalized spacial score (nSPS) is 10.4. The average molecular weight is 378 g/mol. The first-order valence-corrected chi connectivity index (χ1v) is 6.93. The van der Waals surface area contributed by atoms with Crippen molar-refractivity contribution in [3.05, 3.63) is 56.2 Å². The highest BCUT2D eigenvalue weighted by atomic mass is 79.9. The molecule has 0 aliphatic heterocycles. The van der Waals surface area contributed by atoms with Crippen LogP contribution in [0.25, 0.3) is 0 Å². The molecule has 1 amide bonds. The van der Waals surface area contributed by atoms with Gasteiger partial charge in [-0.15, -0.1) is 0 Å². The smallest absolute Gasteiger partial charge is 0.255 e. The zero-order valence-electron chi connectivity index (χ0n) is 9.88. The van der Waals surface area contributed by atoms with E-state index in [1.54, 1.807) is 12.1 Å². The Morgan fingerprint density at radius 1 is 1.15 bits per heavy atom. The van der Waals surface area contributed by atoms with E-state index in [4.69, 9.17) is 28.9 Å². The fourth-order valence-electron chi connectivity index (χ4n) is 1.57. The topological polar surface area (TPSA) is 55.1 Å². The minimum Gasteiger partial charge on any atom is -0.399 e. The Bertz CT molecular complexity index is 651. The standard InChI is InChI=1S/C13H8BrCl2FN2O/c14-7-1-6(2-8(18)3-7)13(20)19-9-4-10(15)12(17)11(16)5-9/h1-5H,18H2,(H,19,20).